The lowest BCUT2D eigenvalue weighted by atomic mass is 9.85. The van der Waals surface area contributed by atoms with E-state index in [-0.39, 0.29) is 91.1 Å². The fraction of sp³-hybridized carbons (Fsp3) is 0.429. The Hall–Kier alpha value is -7.37. The van der Waals surface area contributed by atoms with Crippen LogP contribution in [0.5, 0.6) is 5.75 Å². The van der Waals surface area contributed by atoms with Crippen molar-refractivity contribution >= 4 is 46.6 Å². The van der Waals surface area contributed by atoms with E-state index in [1.165, 1.54) is 17.0 Å². The van der Waals surface area contributed by atoms with Gasteiger partial charge in [-0.3, -0.25) is 24.0 Å². The van der Waals surface area contributed by atoms with Crippen molar-refractivity contribution < 1.29 is 67.7 Å². The molecule has 5 atom stereocenters. The van der Waals surface area contributed by atoms with Gasteiger partial charge in [0, 0.05) is 43.0 Å². The summed E-state index contributed by atoms with van der Waals surface area (Å²) in [6.45, 7) is 12.6. The second kappa shape index (κ2) is 30.4. The second-order valence-corrected chi connectivity index (χ2v) is 23.0. The van der Waals surface area contributed by atoms with Gasteiger partial charge in [0.05, 0.1) is 85.1 Å². The molecule has 0 radical (unpaired) electrons. The van der Waals surface area contributed by atoms with Gasteiger partial charge < -0.3 is 64.8 Å². The van der Waals surface area contributed by atoms with Crippen molar-refractivity contribution in [1.82, 2.24) is 25.1 Å². The number of benzene rings is 4. The summed E-state index contributed by atoms with van der Waals surface area (Å²) in [4.78, 5) is 73.1. The number of amides is 4. The van der Waals surface area contributed by atoms with Crippen molar-refractivity contribution in [3.63, 3.8) is 0 Å². The summed E-state index contributed by atoms with van der Waals surface area (Å²) in [6.07, 6.45) is -3.65. The van der Waals surface area contributed by atoms with Gasteiger partial charge in [-0.15, -0.1) is 11.3 Å². The van der Waals surface area contributed by atoms with Crippen LogP contribution in [-0.4, -0.2) is 148 Å². The van der Waals surface area contributed by atoms with Crippen molar-refractivity contribution in [2.24, 2.45) is 5.41 Å². The molecule has 4 amide bonds. The molecular weight excluding hydrogens is 1100 g/mol. The standard InChI is InChI=1S/C63H77FN6O13S/c1-39(2)56-55(54(42-10-8-7-9-11-42)57(43-16-18-45(64)19-17-43)69(56)25-24-47(71)32-48(72)34-53(75)76)61(78)67-46-20-22-50(23-21-46)83-31-30-81-27-26-80-28-29-82-37-52(74)68-59(63(4,5)6)62(79)70-36-49(73)33-51(70)60(77)65-35-41-12-14-44(15-13-41)58-40(3)66-38-84-58/h7-23,38-39,47-49,51,59,71-73H,24-37H2,1-6H3,(H,65,77)(H,67,78)(H,68,74)(H,75,76)/t47?,48?,49-,51+,59?/m1/s1. The summed E-state index contributed by atoms with van der Waals surface area (Å²) in [6, 6.07) is 28.1. The number of hydrogen-bond donors (Lipinski definition) is 7. The van der Waals surface area contributed by atoms with Crippen LogP contribution in [0.4, 0.5) is 10.1 Å². The number of hydrogen-bond acceptors (Lipinski definition) is 14. The highest BCUT2D eigenvalue weighted by Gasteiger charge is 2.44. The van der Waals surface area contributed by atoms with E-state index in [9.17, 15) is 43.7 Å². The van der Waals surface area contributed by atoms with Crippen LogP contribution in [0.15, 0.2) is 109 Å². The van der Waals surface area contributed by atoms with Crippen LogP contribution in [0.1, 0.15) is 93.5 Å². The molecule has 0 spiro atoms. The van der Waals surface area contributed by atoms with E-state index in [2.05, 4.69) is 20.9 Å². The number of aliphatic carboxylic acids is 1. The molecule has 0 aliphatic carbocycles. The molecule has 0 saturated carbocycles. The molecule has 7 rings (SSSR count). The maximum atomic E-state index is 14.6. The van der Waals surface area contributed by atoms with E-state index in [0.29, 0.717) is 39.5 Å². The number of halogens is 1. The Labute approximate surface area is 493 Å². The Morgan fingerprint density at radius 3 is 2.07 bits per heavy atom. The van der Waals surface area contributed by atoms with Crippen molar-refractivity contribution in [1.29, 1.82) is 0 Å². The molecule has 1 saturated heterocycles. The predicted octanol–water partition coefficient (Wildman–Crippen LogP) is 7.98. The monoisotopic (exact) mass is 1180 g/mol. The first-order chi connectivity index (χ1) is 40.2. The Kier molecular flexibility index (Phi) is 23.3. The Bertz CT molecular complexity index is 3130. The van der Waals surface area contributed by atoms with Crippen molar-refractivity contribution in [3.05, 3.63) is 137 Å². The van der Waals surface area contributed by atoms with Crippen LogP contribution in [0, 0.1) is 18.2 Å². The second-order valence-electron chi connectivity index (χ2n) is 22.1. The van der Waals surface area contributed by atoms with Gasteiger partial charge in [-0.1, -0.05) is 89.2 Å². The van der Waals surface area contributed by atoms with E-state index in [1.807, 2.05) is 101 Å². The minimum atomic E-state index is -1.24. The van der Waals surface area contributed by atoms with Gasteiger partial charge in [0.15, 0.2) is 0 Å². The largest absolute Gasteiger partial charge is 0.491 e. The average molecular weight is 1180 g/mol. The predicted molar refractivity (Wildman–Crippen MR) is 317 cm³/mol. The first kappa shape index (κ1) is 64.2. The number of ether oxygens (including phenoxy) is 4. The molecular formula is C63H77FN6O13S. The zero-order valence-corrected chi connectivity index (χ0v) is 49.2. The lowest BCUT2D eigenvalue weighted by Crippen LogP contribution is -2.58. The number of carbonyl (C=O) groups excluding carboxylic acids is 4. The Morgan fingerprint density at radius 2 is 1.45 bits per heavy atom. The van der Waals surface area contributed by atoms with Gasteiger partial charge in [-0.25, -0.2) is 9.37 Å². The molecule has 6 aromatic rings. The zero-order valence-electron chi connectivity index (χ0n) is 48.3. The number of nitrogens with zero attached hydrogens (tertiary/aromatic N) is 3. The van der Waals surface area contributed by atoms with Crippen LogP contribution in [0.2, 0.25) is 0 Å². The van der Waals surface area contributed by atoms with Gasteiger partial charge in [0.25, 0.3) is 5.91 Å². The summed E-state index contributed by atoms with van der Waals surface area (Å²) < 4.78 is 39.0. The highest BCUT2D eigenvalue weighted by Crippen LogP contribution is 2.43. The molecule has 1 aliphatic heterocycles. The minimum absolute atomic E-state index is 0.0452. The molecule has 3 unspecified atom stereocenters. The number of likely N-dealkylation sites (tertiary alicyclic amines) is 1. The normalized spacial score (nSPS) is 15.4. The number of carboxylic acids is 1. The van der Waals surface area contributed by atoms with Gasteiger partial charge in [0.2, 0.25) is 17.7 Å². The lowest BCUT2D eigenvalue weighted by Gasteiger charge is -2.35. The number of rotatable bonds is 30. The maximum absolute atomic E-state index is 14.6. The average Bonchev–Trinajstić information content (AvgIpc) is 1.98. The highest BCUT2D eigenvalue weighted by atomic mass is 32.1. The minimum Gasteiger partial charge on any atom is -0.491 e. The van der Waals surface area contributed by atoms with Gasteiger partial charge in [-0.2, -0.15) is 0 Å². The number of carbonyl (C=O) groups is 5. The summed E-state index contributed by atoms with van der Waals surface area (Å²) in [5.74, 6) is -3.07. The third-order valence-corrected chi connectivity index (χ3v) is 15.2. The third kappa shape index (κ3) is 17.8. The van der Waals surface area contributed by atoms with Crippen LogP contribution in [-0.2, 0) is 46.5 Å². The molecule has 7 N–H and O–H groups in total. The number of aliphatic hydroxyl groups is 3. The number of aryl methyl sites for hydroxylation is 1. The zero-order chi connectivity index (χ0) is 60.5. The molecule has 1 fully saturated rings. The molecule has 4 aromatic carbocycles. The lowest BCUT2D eigenvalue weighted by molar-refractivity contribution is -0.144. The van der Waals surface area contributed by atoms with Crippen molar-refractivity contribution in [2.45, 2.75) is 117 Å². The van der Waals surface area contributed by atoms with E-state index in [0.717, 1.165) is 27.3 Å². The number of aliphatic hydroxyl groups excluding tert-OH is 3. The summed E-state index contributed by atoms with van der Waals surface area (Å²) >= 11 is 1.56. The molecule has 3 heterocycles. The van der Waals surface area contributed by atoms with E-state index >= 15 is 0 Å². The van der Waals surface area contributed by atoms with Gasteiger partial charge >= 0.3 is 5.97 Å². The van der Waals surface area contributed by atoms with Gasteiger partial charge in [-0.05, 0) is 102 Å². The summed E-state index contributed by atoms with van der Waals surface area (Å²) in [7, 11) is 0. The molecule has 2 aromatic heterocycles. The number of nitrogens with one attached hydrogen (secondary N) is 3. The van der Waals surface area contributed by atoms with Crippen LogP contribution in [0.3, 0.4) is 0 Å². The Balaban J connectivity index is 0.838. The smallest absolute Gasteiger partial charge is 0.305 e. The van der Waals surface area contributed by atoms with Crippen LogP contribution < -0.4 is 20.7 Å². The third-order valence-electron chi connectivity index (χ3n) is 14.2. The quantitative estimate of drug-likeness (QED) is 0.0211. The topological polar surface area (TPSA) is 260 Å². The maximum Gasteiger partial charge on any atom is 0.305 e. The number of anilines is 1. The van der Waals surface area contributed by atoms with Crippen molar-refractivity contribution in [2.75, 3.05) is 58.1 Å². The summed E-state index contributed by atoms with van der Waals surface area (Å²) in [5, 5.41) is 49.7. The molecule has 19 nitrogen and oxygen atoms in total. The van der Waals surface area contributed by atoms with Crippen LogP contribution in [0.25, 0.3) is 32.8 Å². The summed E-state index contributed by atoms with van der Waals surface area (Å²) in [5.41, 5.74) is 8.10. The molecule has 450 valence electrons. The first-order valence-corrected chi connectivity index (χ1v) is 29.0. The van der Waals surface area contributed by atoms with Gasteiger partial charge in [0.1, 0.15) is 36.9 Å². The van der Waals surface area contributed by atoms with E-state index < -0.39 is 77.6 Å². The molecule has 1 aliphatic rings. The molecule has 84 heavy (non-hydrogen) atoms. The van der Waals surface area contributed by atoms with Crippen LogP contribution >= 0.6 is 11.3 Å². The number of carboxylic acid groups (broad SMARTS) is 1. The molecule has 0 bridgehead atoms. The first-order valence-electron chi connectivity index (χ1n) is 28.2. The fourth-order valence-corrected chi connectivity index (χ4v) is 10.9. The Morgan fingerprint density at radius 1 is 0.810 bits per heavy atom. The number of β-amino-alcohol motifs (C(OH)–C–C–N with tert-alkyl or cyclic N) is 1. The number of aromatic nitrogens is 2. The highest BCUT2D eigenvalue weighted by molar-refractivity contribution is 7.13. The number of thiazole rings is 1. The van der Waals surface area contributed by atoms with E-state index in [1.54, 1.807) is 53.2 Å². The fourth-order valence-electron chi connectivity index (χ4n) is 10.1. The SMILES string of the molecule is Cc1ncsc1-c1ccc(CNC(=O)[C@@H]2C[C@@H](O)CN2C(=O)C(NC(=O)COCCOCCOCCOc2ccc(NC(=O)c3c(-c4ccccc4)c(-c4ccc(F)cc4)n(CCC(O)CC(O)CC(=O)O)c3C(C)C)cc2)C(C)(C)C)cc1. The molecule has 21 heteroatoms. The van der Waals surface area contributed by atoms with E-state index in [4.69, 9.17) is 24.1 Å². The van der Waals surface area contributed by atoms with Crippen molar-refractivity contribution in [3.8, 4) is 38.6 Å².